The number of nitrogens with two attached hydrogens (primary N) is 1. The lowest BCUT2D eigenvalue weighted by Crippen LogP contribution is -2.12. The zero-order valence-corrected chi connectivity index (χ0v) is 7.96. The van der Waals surface area contributed by atoms with Crippen LogP contribution in [0.4, 0.5) is 5.69 Å². The molecule has 0 fully saturated rings. The molecule has 0 heterocycles. The van der Waals surface area contributed by atoms with Crippen LogP contribution < -0.4 is 11.1 Å². The van der Waals surface area contributed by atoms with Crippen molar-refractivity contribution in [2.75, 3.05) is 18.4 Å². The maximum atomic E-state index is 10.5. The molecule has 4 nitrogen and oxygen atoms in total. The summed E-state index contributed by atoms with van der Waals surface area (Å²) < 4.78 is 21.0. The Labute approximate surface area is 78.7 Å². The van der Waals surface area contributed by atoms with E-state index in [4.69, 9.17) is 5.73 Å². The van der Waals surface area contributed by atoms with Crippen LogP contribution in [0, 0.1) is 0 Å². The van der Waals surface area contributed by atoms with Gasteiger partial charge in [-0.1, -0.05) is 0 Å². The number of rotatable bonds is 4. The first-order chi connectivity index (χ1) is 6.24. The van der Waals surface area contributed by atoms with Crippen molar-refractivity contribution in [2.45, 2.75) is 4.90 Å². The van der Waals surface area contributed by atoms with Crippen molar-refractivity contribution in [2.24, 2.45) is 5.73 Å². The van der Waals surface area contributed by atoms with E-state index in [9.17, 15) is 8.42 Å². The molecule has 5 heteroatoms. The van der Waals surface area contributed by atoms with Crippen molar-refractivity contribution in [1.82, 2.24) is 0 Å². The monoisotopic (exact) mass is 200 g/mol. The van der Waals surface area contributed by atoms with E-state index in [1.807, 2.05) is 0 Å². The van der Waals surface area contributed by atoms with Gasteiger partial charge in [-0.15, -0.1) is 0 Å². The van der Waals surface area contributed by atoms with Crippen LogP contribution in [-0.4, -0.2) is 21.5 Å². The van der Waals surface area contributed by atoms with Crippen molar-refractivity contribution >= 4 is 16.4 Å². The van der Waals surface area contributed by atoms with Crippen LogP contribution in [0.5, 0.6) is 0 Å². The molecule has 0 aromatic heterocycles. The SMILES string of the molecule is NCCNc1ccc([SH](=O)=O)cc1. The minimum absolute atomic E-state index is 0.327. The molecule has 72 valence electrons. The van der Waals surface area contributed by atoms with E-state index in [1.165, 1.54) is 0 Å². The number of thiol groups is 1. The lowest BCUT2D eigenvalue weighted by molar-refractivity contribution is 0.614. The molecule has 0 bridgehead atoms. The van der Waals surface area contributed by atoms with Gasteiger partial charge >= 0.3 is 0 Å². The lowest BCUT2D eigenvalue weighted by atomic mass is 10.3. The number of hydrogen-bond donors (Lipinski definition) is 3. The highest BCUT2D eigenvalue weighted by molar-refractivity contribution is 7.72. The van der Waals surface area contributed by atoms with Gasteiger partial charge in [-0.05, 0) is 24.3 Å². The van der Waals surface area contributed by atoms with Crippen molar-refractivity contribution < 1.29 is 8.42 Å². The van der Waals surface area contributed by atoms with Crippen LogP contribution in [0.25, 0.3) is 0 Å². The van der Waals surface area contributed by atoms with E-state index in [2.05, 4.69) is 5.32 Å². The maximum Gasteiger partial charge on any atom is 0.168 e. The molecular formula is C8H12N2O2S. The summed E-state index contributed by atoms with van der Waals surface area (Å²) in [7, 11) is -2.47. The quantitative estimate of drug-likeness (QED) is 0.599. The number of anilines is 1. The molecule has 3 N–H and O–H groups in total. The third kappa shape index (κ3) is 3.04. The Morgan fingerprint density at radius 1 is 1.23 bits per heavy atom. The van der Waals surface area contributed by atoms with Gasteiger partial charge in [-0.25, -0.2) is 8.42 Å². The van der Waals surface area contributed by atoms with E-state index in [0.717, 1.165) is 5.69 Å². The predicted molar refractivity (Wildman–Crippen MR) is 52.6 cm³/mol. The maximum absolute atomic E-state index is 10.5. The van der Waals surface area contributed by atoms with Crippen LogP contribution in [-0.2, 0) is 10.7 Å². The van der Waals surface area contributed by atoms with Crippen LogP contribution in [0.15, 0.2) is 29.2 Å². The van der Waals surface area contributed by atoms with Crippen LogP contribution in [0.1, 0.15) is 0 Å². The fraction of sp³-hybridized carbons (Fsp3) is 0.250. The topological polar surface area (TPSA) is 72.2 Å². The van der Waals surface area contributed by atoms with Crippen molar-refractivity contribution in [1.29, 1.82) is 0 Å². The summed E-state index contributed by atoms with van der Waals surface area (Å²) in [4.78, 5) is 0.327. The molecule has 0 radical (unpaired) electrons. The molecule has 0 saturated heterocycles. The van der Waals surface area contributed by atoms with Gasteiger partial charge in [0.25, 0.3) is 0 Å². The van der Waals surface area contributed by atoms with Gasteiger partial charge < -0.3 is 11.1 Å². The van der Waals surface area contributed by atoms with Gasteiger partial charge in [-0.2, -0.15) is 0 Å². The van der Waals surface area contributed by atoms with Crippen LogP contribution >= 0.6 is 0 Å². The number of nitrogens with one attached hydrogen (secondary N) is 1. The number of hydrogen-bond acceptors (Lipinski definition) is 4. The van der Waals surface area contributed by atoms with E-state index in [0.29, 0.717) is 18.0 Å². The van der Waals surface area contributed by atoms with Gasteiger partial charge in [0, 0.05) is 18.8 Å². The zero-order valence-electron chi connectivity index (χ0n) is 7.06. The van der Waals surface area contributed by atoms with Gasteiger partial charge in [0.2, 0.25) is 0 Å². The standard InChI is InChI=1S/C8H12N2O2S/c9-5-6-10-7-1-3-8(4-2-7)13(11)12/h1-4,10,13H,5-6,9H2. The Bertz CT molecular complexity index is 325. The average Bonchev–Trinajstić information content (AvgIpc) is 2.15. The summed E-state index contributed by atoms with van der Waals surface area (Å²) in [5.74, 6) is 0. The summed E-state index contributed by atoms with van der Waals surface area (Å²) in [5.41, 5.74) is 6.18. The molecule has 0 aliphatic heterocycles. The van der Waals surface area contributed by atoms with E-state index in [1.54, 1.807) is 24.3 Å². The second-order valence-corrected chi connectivity index (χ2v) is 3.55. The molecule has 0 atom stereocenters. The highest BCUT2D eigenvalue weighted by Gasteiger charge is 1.94. The van der Waals surface area contributed by atoms with Crippen molar-refractivity contribution in [3.63, 3.8) is 0 Å². The second-order valence-electron chi connectivity index (χ2n) is 2.52. The van der Waals surface area contributed by atoms with Crippen LogP contribution in [0.2, 0.25) is 0 Å². The second kappa shape index (κ2) is 4.84. The van der Waals surface area contributed by atoms with Crippen molar-refractivity contribution in [3.8, 4) is 0 Å². The molecule has 0 saturated carbocycles. The van der Waals surface area contributed by atoms with Gasteiger partial charge in [-0.3, -0.25) is 0 Å². The first-order valence-electron chi connectivity index (χ1n) is 3.92. The van der Waals surface area contributed by atoms with E-state index >= 15 is 0 Å². The smallest absolute Gasteiger partial charge is 0.168 e. The fourth-order valence-corrected chi connectivity index (χ4v) is 1.31. The molecule has 0 aliphatic carbocycles. The normalized spacial score (nSPS) is 10.3. The zero-order chi connectivity index (χ0) is 9.68. The molecule has 13 heavy (non-hydrogen) atoms. The first-order valence-corrected chi connectivity index (χ1v) is 5.10. The third-order valence-corrected chi connectivity index (χ3v) is 2.27. The molecule has 1 rings (SSSR count). The molecule has 1 aromatic carbocycles. The summed E-state index contributed by atoms with van der Waals surface area (Å²) >= 11 is 0. The Balaban J connectivity index is 2.69. The summed E-state index contributed by atoms with van der Waals surface area (Å²) in [6, 6.07) is 6.56. The summed E-state index contributed by atoms with van der Waals surface area (Å²) in [6.07, 6.45) is 0. The largest absolute Gasteiger partial charge is 0.384 e. The molecule has 1 aromatic rings. The molecule has 0 aliphatic rings. The Morgan fingerprint density at radius 3 is 2.31 bits per heavy atom. The highest BCUT2D eigenvalue weighted by atomic mass is 32.2. The summed E-state index contributed by atoms with van der Waals surface area (Å²) in [6.45, 7) is 1.24. The van der Waals surface area contributed by atoms with Gasteiger partial charge in [0.1, 0.15) is 0 Å². The molecule has 0 spiro atoms. The van der Waals surface area contributed by atoms with Crippen molar-refractivity contribution in [3.05, 3.63) is 24.3 Å². The molecule has 0 unspecified atom stereocenters. The van der Waals surface area contributed by atoms with Gasteiger partial charge in [0.15, 0.2) is 10.7 Å². The third-order valence-electron chi connectivity index (χ3n) is 1.55. The minimum atomic E-state index is -2.47. The predicted octanol–water partition coefficient (Wildman–Crippen LogP) is 0.0275. The lowest BCUT2D eigenvalue weighted by Gasteiger charge is -2.03. The fourth-order valence-electron chi connectivity index (χ4n) is 0.918. The van der Waals surface area contributed by atoms with E-state index in [-0.39, 0.29) is 0 Å². The molecule has 0 amide bonds. The minimum Gasteiger partial charge on any atom is -0.384 e. The Kier molecular flexibility index (Phi) is 3.72. The molecular weight excluding hydrogens is 188 g/mol. The number of benzene rings is 1. The van der Waals surface area contributed by atoms with E-state index < -0.39 is 10.7 Å². The summed E-state index contributed by atoms with van der Waals surface area (Å²) in [5, 5.41) is 3.04. The van der Waals surface area contributed by atoms with Gasteiger partial charge in [0.05, 0.1) is 4.90 Å². The van der Waals surface area contributed by atoms with Crippen LogP contribution in [0.3, 0.4) is 0 Å². The first kappa shape index (κ1) is 10.0. The Morgan fingerprint density at radius 2 is 1.85 bits per heavy atom. The average molecular weight is 200 g/mol. The highest BCUT2D eigenvalue weighted by Crippen LogP contribution is 2.09. The Hall–Kier alpha value is -1.07.